The van der Waals surface area contributed by atoms with Crippen LogP contribution in [0.2, 0.25) is 0 Å². The van der Waals surface area contributed by atoms with Gasteiger partial charge in [-0.1, -0.05) is 13.8 Å². The van der Waals surface area contributed by atoms with Crippen LogP contribution >= 0.6 is 0 Å². The molecule has 1 heterocycles. The van der Waals surface area contributed by atoms with E-state index < -0.39 is 18.1 Å². The molecule has 0 bridgehead atoms. The summed E-state index contributed by atoms with van der Waals surface area (Å²) < 4.78 is 5.05. The maximum Gasteiger partial charge on any atom is 0.328 e. The fourth-order valence-corrected chi connectivity index (χ4v) is 1.55. The molecular weight excluding hydrogens is 212 g/mol. The zero-order valence-corrected chi connectivity index (χ0v) is 9.55. The van der Waals surface area contributed by atoms with Gasteiger partial charge in [0, 0.05) is 6.54 Å². The third-order valence-corrected chi connectivity index (χ3v) is 2.70. The molecule has 3 N–H and O–H groups in total. The molecule has 0 aromatic heterocycles. The summed E-state index contributed by atoms with van der Waals surface area (Å²) in [6.07, 6.45) is 0. The lowest BCUT2D eigenvalue weighted by Gasteiger charge is -2.35. The number of carboxylic acids is 1. The van der Waals surface area contributed by atoms with Gasteiger partial charge in [0.2, 0.25) is 5.91 Å². The first kappa shape index (κ1) is 12.9. The van der Waals surface area contributed by atoms with Crippen molar-refractivity contribution in [2.45, 2.75) is 25.9 Å². The molecular formula is C10H18N2O4. The molecule has 1 fully saturated rings. The van der Waals surface area contributed by atoms with Gasteiger partial charge in [-0.25, -0.2) is 4.79 Å². The first-order chi connectivity index (χ1) is 7.45. The minimum Gasteiger partial charge on any atom is -0.480 e. The number of carbonyl (C=O) groups is 2. The van der Waals surface area contributed by atoms with Crippen molar-refractivity contribution in [1.29, 1.82) is 0 Å². The van der Waals surface area contributed by atoms with Gasteiger partial charge < -0.3 is 20.5 Å². The van der Waals surface area contributed by atoms with Crippen molar-refractivity contribution < 1.29 is 19.4 Å². The Bertz CT molecular complexity index is 280. The number of hydrogen-bond donors (Lipinski definition) is 2. The molecule has 1 aliphatic rings. The van der Waals surface area contributed by atoms with E-state index in [0.29, 0.717) is 6.61 Å². The fourth-order valence-electron chi connectivity index (χ4n) is 1.55. The molecule has 16 heavy (non-hydrogen) atoms. The Morgan fingerprint density at radius 3 is 2.62 bits per heavy atom. The molecule has 0 aliphatic carbocycles. The van der Waals surface area contributed by atoms with E-state index in [9.17, 15) is 9.59 Å². The zero-order chi connectivity index (χ0) is 12.3. The Balaban J connectivity index is 2.75. The van der Waals surface area contributed by atoms with Crippen LogP contribution in [0.1, 0.15) is 13.8 Å². The van der Waals surface area contributed by atoms with E-state index in [4.69, 9.17) is 15.6 Å². The summed E-state index contributed by atoms with van der Waals surface area (Å²) in [5.41, 5.74) is 5.73. The molecule has 92 valence electrons. The van der Waals surface area contributed by atoms with Crippen LogP contribution in [0.25, 0.3) is 0 Å². The highest BCUT2D eigenvalue weighted by Crippen LogP contribution is 2.11. The van der Waals surface area contributed by atoms with E-state index in [1.54, 1.807) is 0 Å². The second-order valence-electron chi connectivity index (χ2n) is 4.23. The van der Waals surface area contributed by atoms with Crippen LogP contribution in [0.5, 0.6) is 0 Å². The Kier molecular flexibility index (Phi) is 4.26. The highest BCUT2D eigenvalue weighted by molar-refractivity contribution is 5.87. The quantitative estimate of drug-likeness (QED) is 0.667. The molecule has 1 amide bonds. The summed E-state index contributed by atoms with van der Waals surface area (Å²) in [5, 5.41) is 8.96. The van der Waals surface area contributed by atoms with Gasteiger partial charge in [0.25, 0.3) is 0 Å². The molecule has 1 aliphatic heterocycles. The highest BCUT2D eigenvalue weighted by Gasteiger charge is 2.35. The van der Waals surface area contributed by atoms with Crippen LogP contribution in [-0.4, -0.2) is 53.7 Å². The molecule has 0 spiro atoms. The maximum absolute atomic E-state index is 11.9. The summed E-state index contributed by atoms with van der Waals surface area (Å²) in [4.78, 5) is 24.2. The van der Waals surface area contributed by atoms with Crippen molar-refractivity contribution in [2.24, 2.45) is 11.7 Å². The highest BCUT2D eigenvalue weighted by atomic mass is 16.5. The van der Waals surface area contributed by atoms with Gasteiger partial charge in [0.1, 0.15) is 0 Å². The predicted molar refractivity (Wildman–Crippen MR) is 56.8 cm³/mol. The molecule has 0 radical (unpaired) electrons. The Morgan fingerprint density at radius 2 is 2.12 bits per heavy atom. The molecule has 6 heteroatoms. The summed E-state index contributed by atoms with van der Waals surface area (Å²) in [6.45, 7) is 4.35. The van der Waals surface area contributed by atoms with Gasteiger partial charge >= 0.3 is 5.97 Å². The molecule has 6 nitrogen and oxygen atoms in total. The number of nitrogens with two attached hydrogens (primary N) is 1. The van der Waals surface area contributed by atoms with Crippen molar-refractivity contribution in [3.05, 3.63) is 0 Å². The van der Waals surface area contributed by atoms with E-state index in [-0.39, 0.29) is 25.0 Å². The summed E-state index contributed by atoms with van der Waals surface area (Å²) >= 11 is 0. The standard InChI is InChI=1S/C10H18N2O4/c1-6(2)8(11)9(13)12-3-4-16-5-7(12)10(14)15/h6-8H,3-5,11H2,1-2H3,(H,14,15)/t7-,8-/m0/s1. The van der Waals surface area contributed by atoms with Crippen molar-refractivity contribution in [3.63, 3.8) is 0 Å². The van der Waals surface area contributed by atoms with Gasteiger partial charge in [-0.15, -0.1) is 0 Å². The van der Waals surface area contributed by atoms with Gasteiger partial charge in [-0.3, -0.25) is 4.79 Å². The number of carbonyl (C=O) groups excluding carboxylic acids is 1. The van der Waals surface area contributed by atoms with Crippen molar-refractivity contribution in [3.8, 4) is 0 Å². The van der Waals surface area contributed by atoms with E-state index >= 15 is 0 Å². The number of nitrogens with zero attached hydrogens (tertiary/aromatic N) is 1. The first-order valence-electron chi connectivity index (χ1n) is 5.31. The Labute approximate surface area is 94.3 Å². The normalized spacial score (nSPS) is 23.2. The zero-order valence-electron chi connectivity index (χ0n) is 9.55. The average Bonchev–Trinajstić information content (AvgIpc) is 2.26. The summed E-state index contributed by atoms with van der Waals surface area (Å²) in [6, 6.07) is -1.56. The van der Waals surface area contributed by atoms with Crippen molar-refractivity contribution in [2.75, 3.05) is 19.8 Å². The van der Waals surface area contributed by atoms with Crippen LogP contribution in [0.3, 0.4) is 0 Å². The van der Waals surface area contributed by atoms with Gasteiger partial charge in [0.15, 0.2) is 6.04 Å². The molecule has 0 unspecified atom stereocenters. The van der Waals surface area contributed by atoms with Gasteiger partial charge in [0.05, 0.1) is 19.3 Å². The second-order valence-corrected chi connectivity index (χ2v) is 4.23. The summed E-state index contributed by atoms with van der Waals surface area (Å²) in [5.74, 6) is -1.38. The van der Waals surface area contributed by atoms with E-state index in [0.717, 1.165) is 0 Å². The molecule has 1 saturated heterocycles. The summed E-state index contributed by atoms with van der Waals surface area (Å²) in [7, 11) is 0. The number of ether oxygens (including phenoxy) is 1. The Hall–Kier alpha value is -1.14. The minimum atomic E-state index is -1.05. The monoisotopic (exact) mass is 230 g/mol. The smallest absolute Gasteiger partial charge is 0.328 e. The number of amides is 1. The van der Waals surface area contributed by atoms with Crippen LogP contribution < -0.4 is 5.73 Å². The third-order valence-electron chi connectivity index (χ3n) is 2.70. The molecule has 0 aromatic carbocycles. The van der Waals surface area contributed by atoms with E-state index in [1.807, 2.05) is 13.8 Å². The topological polar surface area (TPSA) is 92.9 Å². The van der Waals surface area contributed by atoms with Crippen LogP contribution in [0.15, 0.2) is 0 Å². The number of carboxylic acid groups (broad SMARTS) is 1. The Morgan fingerprint density at radius 1 is 1.50 bits per heavy atom. The van der Waals surface area contributed by atoms with Crippen LogP contribution in [0.4, 0.5) is 0 Å². The lowest BCUT2D eigenvalue weighted by atomic mass is 10.0. The second kappa shape index (κ2) is 5.27. The number of aliphatic carboxylic acids is 1. The first-order valence-corrected chi connectivity index (χ1v) is 5.31. The predicted octanol–water partition coefficient (Wildman–Crippen LogP) is -0.718. The van der Waals surface area contributed by atoms with E-state index in [2.05, 4.69) is 0 Å². The third kappa shape index (κ3) is 2.70. The fraction of sp³-hybridized carbons (Fsp3) is 0.800. The minimum absolute atomic E-state index is 0.00945. The van der Waals surface area contributed by atoms with Gasteiger partial charge in [-0.05, 0) is 5.92 Å². The lowest BCUT2D eigenvalue weighted by molar-refractivity contribution is -0.159. The number of morpholine rings is 1. The molecule has 0 aromatic rings. The molecule has 0 saturated carbocycles. The average molecular weight is 230 g/mol. The van der Waals surface area contributed by atoms with E-state index in [1.165, 1.54) is 4.90 Å². The van der Waals surface area contributed by atoms with Gasteiger partial charge in [-0.2, -0.15) is 0 Å². The molecule has 2 atom stereocenters. The number of rotatable bonds is 3. The molecule has 1 rings (SSSR count). The number of hydrogen-bond acceptors (Lipinski definition) is 4. The largest absolute Gasteiger partial charge is 0.480 e. The van der Waals surface area contributed by atoms with Crippen molar-refractivity contribution in [1.82, 2.24) is 4.90 Å². The SMILES string of the molecule is CC(C)[C@H](N)C(=O)N1CCOC[C@H]1C(=O)O. The maximum atomic E-state index is 11.9. The van der Waals surface area contributed by atoms with Crippen LogP contribution in [-0.2, 0) is 14.3 Å². The van der Waals surface area contributed by atoms with Crippen LogP contribution in [0, 0.1) is 5.92 Å². The lowest BCUT2D eigenvalue weighted by Crippen LogP contribution is -2.57. The van der Waals surface area contributed by atoms with Crippen molar-refractivity contribution >= 4 is 11.9 Å².